The summed E-state index contributed by atoms with van der Waals surface area (Å²) in [4.78, 5) is 17.3. The van der Waals surface area contributed by atoms with Gasteiger partial charge in [-0.05, 0) is 43.7 Å². The maximum Gasteiger partial charge on any atom is 0.251 e. The Morgan fingerprint density at radius 3 is 2.62 bits per heavy atom. The molecule has 0 saturated carbocycles. The van der Waals surface area contributed by atoms with Gasteiger partial charge in [-0.3, -0.25) is 4.79 Å². The molecule has 0 unspecified atom stereocenters. The fourth-order valence-corrected chi connectivity index (χ4v) is 6.75. The Morgan fingerprint density at radius 2 is 1.94 bits per heavy atom. The molecule has 9 heteroatoms. The van der Waals surface area contributed by atoms with Gasteiger partial charge in [-0.25, -0.2) is 17.8 Å². The molecule has 2 aromatic heterocycles. The van der Waals surface area contributed by atoms with Crippen LogP contribution in [-0.2, 0) is 9.84 Å². The molecule has 174 valence electrons. The number of sulfone groups is 1. The van der Waals surface area contributed by atoms with Crippen molar-refractivity contribution in [1.29, 1.82) is 0 Å². The zero-order valence-corrected chi connectivity index (χ0v) is 19.8. The number of amides is 1. The van der Waals surface area contributed by atoms with Gasteiger partial charge in [0.15, 0.2) is 9.84 Å². The summed E-state index contributed by atoms with van der Waals surface area (Å²) in [5.74, 6) is -0.355. The maximum absolute atomic E-state index is 13.5. The van der Waals surface area contributed by atoms with Crippen LogP contribution in [0.2, 0.25) is 5.02 Å². The molecular formula is C25H21ClFN3O3S. The maximum atomic E-state index is 13.5. The first-order valence-electron chi connectivity index (χ1n) is 10.7. The van der Waals surface area contributed by atoms with E-state index in [1.54, 1.807) is 35.8 Å². The molecule has 1 aliphatic heterocycles. The summed E-state index contributed by atoms with van der Waals surface area (Å²) in [6.07, 6.45) is 3.36. The van der Waals surface area contributed by atoms with Gasteiger partial charge in [0.25, 0.3) is 5.91 Å². The number of carbonyl (C=O) groups excluding carboxylic acids is 1. The highest BCUT2D eigenvalue weighted by Gasteiger charge is 2.39. The average Bonchev–Trinajstić information content (AvgIpc) is 3.30. The molecule has 3 heterocycles. The van der Waals surface area contributed by atoms with Crippen molar-refractivity contribution in [3.8, 4) is 16.9 Å². The van der Waals surface area contributed by atoms with Gasteiger partial charge in [-0.1, -0.05) is 35.9 Å². The van der Waals surface area contributed by atoms with Crippen molar-refractivity contribution in [2.24, 2.45) is 0 Å². The lowest BCUT2D eigenvalue weighted by molar-refractivity contribution is 0.0915. The Balaban J connectivity index is 1.62. The Kier molecular flexibility index (Phi) is 5.45. The highest BCUT2D eigenvalue weighted by molar-refractivity contribution is 7.91. The predicted octanol–water partition coefficient (Wildman–Crippen LogP) is 4.79. The van der Waals surface area contributed by atoms with Gasteiger partial charge >= 0.3 is 0 Å². The second kappa shape index (κ2) is 8.21. The molecule has 0 spiro atoms. The number of aromatic nitrogens is 2. The fraction of sp³-hybridized carbons (Fsp3) is 0.200. The molecule has 2 aromatic carbocycles. The Hall–Kier alpha value is -3.23. The monoisotopic (exact) mass is 497 g/mol. The lowest BCUT2D eigenvalue weighted by Crippen LogP contribution is -2.46. The van der Waals surface area contributed by atoms with Gasteiger partial charge in [0.2, 0.25) is 0 Å². The van der Waals surface area contributed by atoms with Crippen LogP contribution in [0.15, 0.2) is 67.0 Å². The summed E-state index contributed by atoms with van der Waals surface area (Å²) in [7, 11) is -3.16. The topological polar surface area (TPSA) is 81.1 Å². The molecule has 0 bridgehead atoms. The van der Waals surface area contributed by atoms with Crippen molar-refractivity contribution in [3.63, 3.8) is 0 Å². The molecule has 1 fully saturated rings. The Morgan fingerprint density at radius 1 is 1.15 bits per heavy atom. The number of pyridine rings is 1. The summed E-state index contributed by atoms with van der Waals surface area (Å²) in [6, 6.07) is 15.6. The minimum absolute atomic E-state index is 0.0586. The number of nitrogens with zero attached hydrogens (tertiary/aromatic N) is 2. The summed E-state index contributed by atoms with van der Waals surface area (Å²) in [6.45, 7) is 1.74. The van der Waals surface area contributed by atoms with E-state index in [0.717, 1.165) is 22.7 Å². The number of hydrogen-bond acceptors (Lipinski definition) is 4. The van der Waals surface area contributed by atoms with Crippen LogP contribution in [0.25, 0.3) is 27.8 Å². The molecule has 6 nitrogen and oxygen atoms in total. The number of nitrogens with one attached hydrogen (secondary N) is 1. The van der Waals surface area contributed by atoms with Crippen LogP contribution in [0.3, 0.4) is 0 Å². The predicted molar refractivity (Wildman–Crippen MR) is 131 cm³/mol. The van der Waals surface area contributed by atoms with Crippen molar-refractivity contribution in [2.45, 2.75) is 18.9 Å². The zero-order chi connectivity index (χ0) is 24.1. The van der Waals surface area contributed by atoms with Crippen molar-refractivity contribution < 1.29 is 17.6 Å². The van der Waals surface area contributed by atoms with E-state index >= 15 is 0 Å². The van der Waals surface area contributed by atoms with Crippen LogP contribution in [0, 0.1) is 5.82 Å². The first kappa shape index (κ1) is 22.6. The van der Waals surface area contributed by atoms with Crippen LogP contribution in [0.4, 0.5) is 4.39 Å². The lowest BCUT2D eigenvalue weighted by Gasteiger charge is -2.24. The summed E-state index contributed by atoms with van der Waals surface area (Å²) >= 11 is 6.46. The van der Waals surface area contributed by atoms with E-state index in [-0.39, 0.29) is 17.4 Å². The molecule has 0 aliphatic carbocycles. The summed E-state index contributed by atoms with van der Waals surface area (Å²) in [5.41, 5.74) is 1.91. The number of carbonyl (C=O) groups is 1. The molecule has 5 rings (SSSR count). The van der Waals surface area contributed by atoms with E-state index in [1.165, 1.54) is 6.07 Å². The third kappa shape index (κ3) is 4.19. The van der Waals surface area contributed by atoms with Gasteiger partial charge in [0.05, 0.1) is 28.8 Å². The van der Waals surface area contributed by atoms with Gasteiger partial charge in [-0.15, -0.1) is 0 Å². The normalized spacial score (nSPS) is 19.4. The largest absolute Gasteiger partial charge is 0.346 e. The standard InChI is InChI=1S/C25H21ClFN3O3S/c1-25(10-11-34(32,33)15-25)29-24(31)16-6-8-19-20(18-4-2-3-5-21(18)26)14-30(22(19)12-16)23-9-7-17(27)13-28-23/h2-9,12-14H,10-11,15H2,1H3,(H,29,31)/t25-/m1/s1. The Bertz CT molecular complexity index is 1530. The molecule has 34 heavy (non-hydrogen) atoms. The van der Waals surface area contributed by atoms with Crippen LogP contribution < -0.4 is 5.32 Å². The van der Waals surface area contributed by atoms with Gasteiger partial charge < -0.3 is 9.88 Å². The van der Waals surface area contributed by atoms with Crippen molar-refractivity contribution in [2.75, 3.05) is 11.5 Å². The van der Waals surface area contributed by atoms with Crippen molar-refractivity contribution >= 4 is 38.2 Å². The molecule has 4 aromatic rings. The average molecular weight is 498 g/mol. The number of fused-ring (bicyclic) bond motifs is 1. The highest BCUT2D eigenvalue weighted by Crippen LogP contribution is 2.36. The van der Waals surface area contributed by atoms with Gasteiger partial charge in [-0.2, -0.15) is 0 Å². The smallest absolute Gasteiger partial charge is 0.251 e. The molecule has 0 radical (unpaired) electrons. The zero-order valence-electron chi connectivity index (χ0n) is 18.3. The van der Waals surface area contributed by atoms with E-state index in [2.05, 4.69) is 10.3 Å². The number of rotatable bonds is 4. The second-order valence-electron chi connectivity index (χ2n) is 8.82. The van der Waals surface area contributed by atoms with Gasteiger partial charge in [0, 0.05) is 33.3 Å². The minimum atomic E-state index is -3.16. The van der Waals surface area contributed by atoms with E-state index < -0.39 is 21.2 Å². The minimum Gasteiger partial charge on any atom is -0.346 e. The molecule has 1 amide bonds. The lowest BCUT2D eigenvalue weighted by atomic mass is 10.0. The van der Waals surface area contributed by atoms with E-state index in [1.807, 2.05) is 30.5 Å². The fourth-order valence-electron chi connectivity index (χ4n) is 4.42. The van der Waals surface area contributed by atoms with Crippen LogP contribution in [0.1, 0.15) is 23.7 Å². The number of hydrogen-bond donors (Lipinski definition) is 1. The SMILES string of the molecule is C[C@@]1(NC(=O)c2ccc3c(-c4ccccc4Cl)cn(-c4ccc(F)cn4)c3c2)CCS(=O)(=O)C1. The van der Waals surface area contributed by atoms with Crippen LogP contribution in [-0.4, -0.2) is 40.9 Å². The molecule has 1 aliphatic rings. The molecule has 1 saturated heterocycles. The summed E-state index contributed by atoms with van der Waals surface area (Å²) in [5, 5.41) is 4.31. The first-order valence-corrected chi connectivity index (χ1v) is 12.9. The number of halogens is 2. The van der Waals surface area contributed by atoms with Crippen molar-refractivity contribution in [1.82, 2.24) is 14.9 Å². The van der Waals surface area contributed by atoms with E-state index in [0.29, 0.717) is 28.3 Å². The first-order chi connectivity index (χ1) is 16.1. The third-order valence-corrected chi connectivity index (χ3v) is 8.34. The van der Waals surface area contributed by atoms with Crippen LogP contribution >= 0.6 is 11.6 Å². The van der Waals surface area contributed by atoms with Crippen LogP contribution in [0.5, 0.6) is 0 Å². The quantitative estimate of drug-likeness (QED) is 0.439. The molecule has 1 atom stereocenters. The van der Waals surface area contributed by atoms with Gasteiger partial charge in [0.1, 0.15) is 11.6 Å². The summed E-state index contributed by atoms with van der Waals surface area (Å²) < 4.78 is 39.2. The van der Waals surface area contributed by atoms with E-state index in [9.17, 15) is 17.6 Å². The molecular weight excluding hydrogens is 477 g/mol. The highest BCUT2D eigenvalue weighted by atomic mass is 35.5. The van der Waals surface area contributed by atoms with E-state index in [4.69, 9.17) is 11.6 Å². The third-order valence-electron chi connectivity index (χ3n) is 6.11. The Labute approximate surface area is 201 Å². The van der Waals surface area contributed by atoms with Crippen molar-refractivity contribution in [3.05, 3.63) is 83.4 Å². The second-order valence-corrected chi connectivity index (χ2v) is 11.4. The number of benzene rings is 2. The molecule has 1 N–H and O–H groups in total.